The molecular formula is C32H12N8. The van der Waals surface area contributed by atoms with Gasteiger partial charge < -0.3 is 0 Å². The van der Waals surface area contributed by atoms with Gasteiger partial charge in [-0.1, -0.05) is 24.3 Å². The first kappa shape index (κ1) is 18.4. The van der Waals surface area contributed by atoms with Gasteiger partial charge in [-0.15, -0.1) is 0 Å². The smallest absolute Gasteiger partial charge is 0.189 e. The first-order valence-corrected chi connectivity index (χ1v) is 11.2. The van der Waals surface area contributed by atoms with Crippen molar-refractivity contribution >= 4 is 44.3 Å². The fraction of sp³-hybridized carbons (Fsp3) is 0. The van der Waals surface area contributed by atoms with E-state index in [2.05, 4.69) is 19.7 Å². The van der Waals surface area contributed by atoms with E-state index in [0.29, 0.717) is 10.8 Å². The van der Waals surface area contributed by atoms with Crippen molar-refractivity contribution in [2.24, 2.45) is 0 Å². The number of aromatic nitrogens is 2. The topological polar surface area (TPSA) is 130 Å². The summed E-state index contributed by atoms with van der Waals surface area (Å²) in [6.07, 6.45) is 0. The van der Waals surface area contributed by atoms with Gasteiger partial charge in [0.2, 0.25) is 0 Å². The van der Waals surface area contributed by atoms with E-state index in [1.54, 1.807) is 36.4 Å². The van der Waals surface area contributed by atoms with Gasteiger partial charge in [-0.2, -0.15) is 21.0 Å². The van der Waals surface area contributed by atoms with E-state index < -0.39 is 58.8 Å². The molecule has 2 aromatic heterocycles. The Hall–Kier alpha value is -6.84. The lowest BCUT2D eigenvalue weighted by Crippen LogP contribution is -2.14. The number of hydrogen-bond acceptors (Lipinski definition) is 6. The van der Waals surface area contributed by atoms with Crippen LogP contribution in [0.1, 0.15) is 30.5 Å². The molecule has 180 valence electrons. The molecule has 3 aromatic carbocycles. The zero-order chi connectivity index (χ0) is 33.4. The van der Waals surface area contributed by atoms with Gasteiger partial charge in [0.1, 0.15) is 12.1 Å². The molecule has 8 nitrogen and oxygen atoms in total. The predicted octanol–water partition coefficient (Wildman–Crippen LogP) is 5.07. The van der Waals surface area contributed by atoms with Crippen LogP contribution in [0, 0.1) is 58.5 Å². The summed E-state index contributed by atoms with van der Waals surface area (Å²) in [5.74, 6) is 0. The Balaban J connectivity index is 1.93. The summed E-state index contributed by atoms with van der Waals surface area (Å²) in [4.78, 5) is 15.5. The maximum atomic E-state index is 10.1. The highest BCUT2D eigenvalue weighted by Gasteiger charge is 2.12. The molecule has 8 heteroatoms. The quantitative estimate of drug-likeness (QED) is 0.239. The summed E-state index contributed by atoms with van der Waals surface area (Å²) in [6.45, 7) is 14.8. The van der Waals surface area contributed by atoms with Crippen molar-refractivity contribution in [3.63, 3.8) is 0 Å². The van der Waals surface area contributed by atoms with Crippen molar-refractivity contribution in [1.82, 2.24) is 9.97 Å². The number of rotatable bonds is 2. The van der Waals surface area contributed by atoms with Crippen LogP contribution in [0.2, 0.25) is 0 Å². The van der Waals surface area contributed by atoms with Gasteiger partial charge in [-0.05, 0) is 59.5 Å². The van der Waals surface area contributed by atoms with E-state index >= 15 is 0 Å². The molecule has 2 heterocycles. The Morgan fingerprint density at radius 1 is 0.625 bits per heavy atom. The molecule has 0 saturated heterocycles. The molecule has 5 aromatic rings. The second-order valence-electron chi connectivity index (χ2n) is 7.97. The Labute approximate surface area is 236 Å². The second-order valence-corrected chi connectivity index (χ2v) is 7.97. The number of nitriles is 4. The van der Waals surface area contributed by atoms with E-state index in [1.807, 2.05) is 12.1 Å². The maximum absolute atomic E-state index is 10.1. The van der Waals surface area contributed by atoms with Crippen molar-refractivity contribution in [3.05, 3.63) is 128 Å². The molecule has 0 aliphatic carbocycles. The fourth-order valence-electron chi connectivity index (χ4n) is 3.91. The minimum absolute atomic E-state index is 0.0213. The van der Waals surface area contributed by atoms with Crippen LogP contribution in [0.3, 0.4) is 0 Å². The number of hydrogen-bond donors (Lipinski definition) is 0. The summed E-state index contributed by atoms with van der Waals surface area (Å²) >= 11 is 0. The van der Waals surface area contributed by atoms with Crippen LogP contribution in [0.25, 0.3) is 42.6 Å². The molecule has 0 atom stereocenters. The Morgan fingerprint density at radius 2 is 1.02 bits per heavy atom. The fourth-order valence-corrected chi connectivity index (χ4v) is 3.91. The van der Waals surface area contributed by atoms with Crippen molar-refractivity contribution < 1.29 is 8.22 Å². The highest BCUT2D eigenvalue weighted by atomic mass is 14.8. The van der Waals surface area contributed by atoms with Crippen LogP contribution in [0.15, 0.2) is 72.7 Å². The average Bonchev–Trinajstić information content (AvgIpc) is 3.05. The highest BCUT2D eigenvalue weighted by molar-refractivity contribution is 6.03. The third kappa shape index (κ3) is 4.41. The van der Waals surface area contributed by atoms with Crippen LogP contribution >= 0.6 is 0 Å². The molecule has 0 radical (unpaired) electrons. The van der Waals surface area contributed by atoms with Gasteiger partial charge in [-0.25, -0.2) is 19.7 Å². The third-order valence-electron chi connectivity index (χ3n) is 5.68. The Bertz CT molecular complexity index is 2360. The van der Waals surface area contributed by atoms with Crippen molar-refractivity contribution in [3.8, 4) is 24.3 Å². The molecule has 0 spiro atoms. The predicted molar refractivity (Wildman–Crippen MR) is 147 cm³/mol. The van der Waals surface area contributed by atoms with Gasteiger partial charge in [0.15, 0.2) is 11.4 Å². The summed E-state index contributed by atoms with van der Waals surface area (Å²) in [5, 5.41) is 40.4. The van der Waals surface area contributed by atoms with Crippen LogP contribution in [-0.2, 0) is 0 Å². The molecule has 0 bridgehead atoms. The zero-order valence-corrected chi connectivity index (χ0v) is 20.0. The van der Waals surface area contributed by atoms with Gasteiger partial charge in [-0.3, -0.25) is 0 Å². The summed E-state index contributed by atoms with van der Waals surface area (Å²) < 4.78 is 50.0. The summed E-state index contributed by atoms with van der Waals surface area (Å²) in [7, 11) is 0. The lowest BCUT2D eigenvalue weighted by molar-refractivity contribution is 1.27. The minimum atomic E-state index is -0.582. The zero-order valence-electron chi connectivity index (χ0n) is 26.0. The standard InChI is InChI=1S/C32H12N8/c1-37-25-11-19(15-33)9-23(13-25)27(17-35)29-7-5-21-3-4-22-6-8-30(40-32(22)31(21)39-29)28(18-36)24-10-20(16-34)12-26(14-24)38-2/h3-14H/b29-27+,30-28+/i9D,10D,11D,12D,13D,14D. The SMILES string of the molecule is [2H]c1c(C#N)c([2H])c(/C(C#N)=c2\ccc3ccc4cc/c(=C(/C#N)c5c([2H])c(C#N)c([2H])c([N+]#[C-])c5[2H])nc4c3n2)c([2H])c1[N+]#[C-]. The number of benzene rings is 3. The molecule has 0 aliphatic rings. The number of nitrogens with zero attached hydrogens (tertiary/aromatic N) is 8. The molecule has 0 unspecified atom stereocenters. The van der Waals surface area contributed by atoms with E-state index in [0.717, 1.165) is 0 Å². The normalized spacial score (nSPS) is 13.8. The van der Waals surface area contributed by atoms with E-state index in [1.165, 1.54) is 12.1 Å². The van der Waals surface area contributed by atoms with Crippen molar-refractivity contribution in [2.45, 2.75) is 0 Å². The van der Waals surface area contributed by atoms with E-state index in [-0.39, 0.29) is 44.0 Å². The molecule has 40 heavy (non-hydrogen) atoms. The van der Waals surface area contributed by atoms with Crippen LogP contribution in [-0.4, -0.2) is 9.97 Å². The lowest BCUT2D eigenvalue weighted by Gasteiger charge is -2.06. The first-order chi connectivity index (χ1) is 22.1. The monoisotopic (exact) mass is 514 g/mol. The van der Waals surface area contributed by atoms with Crippen molar-refractivity contribution in [2.75, 3.05) is 0 Å². The van der Waals surface area contributed by atoms with Gasteiger partial charge in [0, 0.05) is 24.6 Å². The molecular weight excluding hydrogens is 496 g/mol. The second kappa shape index (κ2) is 10.3. The number of fused-ring (bicyclic) bond motifs is 3. The Kier molecular flexibility index (Phi) is 4.72. The summed E-state index contributed by atoms with van der Waals surface area (Å²) in [6, 6.07) is 13.3. The Morgan fingerprint density at radius 3 is 1.38 bits per heavy atom. The number of pyridine rings is 2. The van der Waals surface area contributed by atoms with Gasteiger partial charge in [0.25, 0.3) is 0 Å². The molecule has 0 saturated carbocycles. The molecule has 0 N–H and O–H groups in total. The van der Waals surface area contributed by atoms with Crippen LogP contribution in [0.4, 0.5) is 11.4 Å². The first-order valence-electron chi connectivity index (χ1n) is 14.2. The van der Waals surface area contributed by atoms with Gasteiger partial charge in [0.05, 0.1) is 63.6 Å². The van der Waals surface area contributed by atoms with Crippen molar-refractivity contribution in [1.29, 1.82) is 21.0 Å². The van der Waals surface area contributed by atoms with E-state index in [4.69, 9.17) is 21.4 Å². The minimum Gasteiger partial charge on any atom is -0.245 e. The van der Waals surface area contributed by atoms with Gasteiger partial charge >= 0.3 is 0 Å². The molecule has 0 amide bonds. The largest absolute Gasteiger partial charge is 0.245 e. The summed E-state index contributed by atoms with van der Waals surface area (Å²) in [5.41, 5.74) is -2.73. The van der Waals surface area contributed by atoms with E-state index in [9.17, 15) is 21.0 Å². The average molecular weight is 515 g/mol. The third-order valence-corrected chi connectivity index (χ3v) is 5.68. The van der Waals surface area contributed by atoms with Crippen LogP contribution < -0.4 is 10.7 Å². The highest BCUT2D eigenvalue weighted by Crippen LogP contribution is 2.24. The maximum Gasteiger partial charge on any atom is 0.189 e. The molecule has 0 fully saturated rings. The van der Waals surface area contributed by atoms with Crippen LogP contribution in [0.5, 0.6) is 0 Å². The lowest BCUT2D eigenvalue weighted by atomic mass is 10.0. The molecule has 5 rings (SSSR count). The molecule has 0 aliphatic heterocycles.